The molecule has 0 bridgehead atoms. The van der Waals surface area contributed by atoms with E-state index in [1.807, 2.05) is 13.0 Å². The van der Waals surface area contributed by atoms with Gasteiger partial charge in [-0.05, 0) is 5.92 Å². The number of carbonyl (C=O) groups excluding carboxylic acids is 1. The second kappa shape index (κ2) is 9.34. The molecular formula is C23H23NO7. The Morgan fingerprint density at radius 3 is 2.52 bits per heavy atom. The van der Waals surface area contributed by atoms with Gasteiger partial charge in [-0.25, -0.2) is 4.79 Å². The fourth-order valence-corrected chi connectivity index (χ4v) is 3.12. The second-order valence-electron chi connectivity index (χ2n) is 7.21. The van der Waals surface area contributed by atoms with Crippen molar-refractivity contribution in [3.05, 3.63) is 58.8 Å². The summed E-state index contributed by atoms with van der Waals surface area (Å²) in [6, 6.07) is 11.9. The molecule has 2 aromatic carbocycles. The first-order valence-electron chi connectivity index (χ1n) is 9.81. The zero-order chi connectivity index (χ0) is 22.5. The summed E-state index contributed by atoms with van der Waals surface area (Å²) in [6.07, 6.45) is 0.583. The lowest BCUT2D eigenvalue weighted by molar-refractivity contribution is -0.143. The summed E-state index contributed by atoms with van der Waals surface area (Å²) >= 11 is 0. The van der Waals surface area contributed by atoms with Crippen LogP contribution >= 0.6 is 0 Å². The first-order chi connectivity index (χ1) is 14.8. The van der Waals surface area contributed by atoms with Crippen LogP contribution in [0.15, 0.2) is 57.7 Å². The maximum absolute atomic E-state index is 12.5. The van der Waals surface area contributed by atoms with E-state index in [1.165, 1.54) is 18.2 Å². The quantitative estimate of drug-likeness (QED) is 0.506. The smallest absolute Gasteiger partial charge is 0.326 e. The van der Waals surface area contributed by atoms with E-state index in [0.717, 1.165) is 0 Å². The Bertz CT molecular complexity index is 1150. The molecular weight excluding hydrogens is 402 g/mol. The number of hydrogen-bond donors (Lipinski definition) is 3. The van der Waals surface area contributed by atoms with E-state index in [2.05, 4.69) is 5.32 Å². The van der Waals surface area contributed by atoms with Crippen molar-refractivity contribution < 1.29 is 29.0 Å². The van der Waals surface area contributed by atoms with Gasteiger partial charge in [0.05, 0.1) is 0 Å². The summed E-state index contributed by atoms with van der Waals surface area (Å²) in [6.45, 7) is 3.10. The Kier molecular flexibility index (Phi) is 6.59. The number of phenols is 1. The molecule has 1 amide bonds. The average Bonchev–Trinajstić information content (AvgIpc) is 2.75. The van der Waals surface area contributed by atoms with Crippen LogP contribution in [0.25, 0.3) is 22.3 Å². The third-order valence-corrected chi connectivity index (χ3v) is 5.01. The summed E-state index contributed by atoms with van der Waals surface area (Å²) in [5.41, 5.74) is 0.376. The highest BCUT2D eigenvalue weighted by atomic mass is 16.5. The highest BCUT2D eigenvalue weighted by Crippen LogP contribution is 2.31. The summed E-state index contributed by atoms with van der Waals surface area (Å²) in [4.78, 5) is 36.0. The van der Waals surface area contributed by atoms with Crippen LogP contribution in [0.3, 0.4) is 0 Å². The van der Waals surface area contributed by atoms with Gasteiger partial charge in [0.15, 0.2) is 12.0 Å². The molecule has 0 aliphatic rings. The number of phenolic OH excluding ortho intramolecular Hbond substituents is 1. The minimum absolute atomic E-state index is 0.000746. The molecule has 1 heterocycles. The van der Waals surface area contributed by atoms with Gasteiger partial charge < -0.3 is 24.7 Å². The normalized spacial score (nSPS) is 12.8. The Labute approximate surface area is 178 Å². The molecule has 3 aromatic rings. The van der Waals surface area contributed by atoms with E-state index < -0.39 is 30.0 Å². The maximum Gasteiger partial charge on any atom is 0.326 e. The summed E-state index contributed by atoms with van der Waals surface area (Å²) in [5, 5.41) is 22.0. The monoisotopic (exact) mass is 425 g/mol. The number of benzene rings is 2. The molecule has 0 aliphatic heterocycles. The Morgan fingerprint density at radius 2 is 1.87 bits per heavy atom. The summed E-state index contributed by atoms with van der Waals surface area (Å²) in [5.74, 6) is -1.91. The molecule has 2 atom stereocenters. The number of hydrogen-bond acceptors (Lipinski definition) is 6. The van der Waals surface area contributed by atoms with Gasteiger partial charge in [0.25, 0.3) is 5.91 Å². The summed E-state index contributed by atoms with van der Waals surface area (Å²) in [7, 11) is 0. The molecule has 0 fully saturated rings. The highest BCUT2D eigenvalue weighted by Gasteiger charge is 2.25. The largest absolute Gasteiger partial charge is 0.507 e. The molecule has 8 nitrogen and oxygen atoms in total. The van der Waals surface area contributed by atoms with Crippen molar-refractivity contribution >= 4 is 22.8 Å². The number of carbonyl (C=O) groups is 2. The predicted molar refractivity (Wildman–Crippen MR) is 114 cm³/mol. The minimum atomic E-state index is -1.12. The molecule has 1 aromatic heterocycles. The van der Waals surface area contributed by atoms with Crippen LogP contribution in [0, 0.1) is 5.92 Å². The van der Waals surface area contributed by atoms with E-state index in [-0.39, 0.29) is 28.4 Å². The van der Waals surface area contributed by atoms with Crippen LogP contribution in [-0.4, -0.2) is 34.7 Å². The van der Waals surface area contributed by atoms with Crippen molar-refractivity contribution in [2.75, 3.05) is 6.61 Å². The van der Waals surface area contributed by atoms with Crippen LogP contribution in [0.2, 0.25) is 0 Å². The number of rotatable bonds is 8. The van der Waals surface area contributed by atoms with Gasteiger partial charge >= 0.3 is 5.97 Å². The van der Waals surface area contributed by atoms with Gasteiger partial charge in [0.1, 0.15) is 34.3 Å². The van der Waals surface area contributed by atoms with E-state index in [9.17, 15) is 24.6 Å². The van der Waals surface area contributed by atoms with Crippen LogP contribution in [0.4, 0.5) is 0 Å². The number of aliphatic carboxylic acids is 1. The zero-order valence-corrected chi connectivity index (χ0v) is 17.1. The fraction of sp³-hybridized carbons (Fsp3) is 0.261. The summed E-state index contributed by atoms with van der Waals surface area (Å²) < 4.78 is 11.2. The van der Waals surface area contributed by atoms with Gasteiger partial charge in [0, 0.05) is 23.8 Å². The Morgan fingerprint density at radius 1 is 1.16 bits per heavy atom. The fourth-order valence-electron chi connectivity index (χ4n) is 3.12. The van der Waals surface area contributed by atoms with Crippen molar-refractivity contribution in [3.63, 3.8) is 0 Å². The van der Waals surface area contributed by atoms with Gasteiger partial charge in [-0.1, -0.05) is 50.6 Å². The second-order valence-corrected chi connectivity index (χ2v) is 7.21. The number of fused-ring (bicyclic) bond motifs is 1. The van der Waals surface area contributed by atoms with Crippen LogP contribution < -0.4 is 15.5 Å². The van der Waals surface area contributed by atoms with Gasteiger partial charge in [-0.15, -0.1) is 0 Å². The first-order valence-corrected chi connectivity index (χ1v) is 9.81. The van der Waals surface area contributed by atoms with Crippen LogP contribution in [0.5, 0.6) is 11.5 Å². The molecule has 0 spiro atoms. The van der Waals surface area contributed by atoms with Crippen molar-refractivity contribution in [2.24, 2.45) is 5.92 Å². The Hall–Kier alpha value is -3.81. The van der Waals surface area contributed by atoms with Gasteiger partial charge in [0.2, 0.25) is 0 Å². The van der Waals surface area contributed by atoms with Crippen molar-refractivity contribution in [3.8, 4) is 22.8 Å². The number of amides is 1. The lowest BCUT2D eigenvalue weighted by Gasteiger charge is -2.20. The third-order valence-electron chi connectivity index (χ3n) is 5.01. The average molecular weight is 425 g/mol. The highest BCUT2D eigenvalue weighted by molar-refractivity contribution is 5.87. The number of aromatic hydroxyl groups is 1. The van der Waals surface area contributed by atoms with E-state index >= 15 is 0 Å². The molecule has 0 saturated heterocycles. The molecule has 3 N–H and O–H groups in total. The predicted octanol–water partition coefficient (Wildman–Crippen LogP) is 3.16. The van der Waals surface area contributed by atoms with Crippen LogP contribution in [0.1, 0.15) is 20.3 Å². The molecule has 0 aliphatic carbocycles. The topological polar surface area (TPSA) is 126 Å². The minimum Gasteiger partial charge on any atom is -0.507 e. The lowest BCUT2D eigenvalue weighted by atomic mass is 9.99. The van der Waals surface area contributed by atoms with E-state index in [0.29, 0.717) is 17.7 Å². The van der Waals surface area contributed by atoms with E-state index in [4.69, 9.17) is 9.15 Å². The first kappa shape index (κ1) is 21.9. The van der Waals surface area contributed by atoms with Crippen LogP contribution in [-0.2, 0) is 9.59 Å². The van der Waals surface area contributed by atoms with E-state index in [1.54, 1.807) is 31.2 Å². The molecule has 8 heteroatoms. The maximum atomic E-state index is 12.5. The number of ether oxygens (including phenoxy) is 1. The zero-order valence-electron chi connectivity index (χ0n) is 17.1. The number of carboxylic acids is 1. The molecule has 0 radical (unpaired) electrons. The number of carboxylic acid groups (broad SMARTS) is 1. The lowest BCUT2D eigenvalue weighted by Crippen LogP contribution is -2.46. The third kappa shape index (κ3) is 5.03. The molecule has 0 saturated carbocycles. The molecule has 0 unspecified atom stereocenters. The SMILES string of the molecule is CC[C@H](C)[C@H](NC(=O)COc1cc(O)c2c(=O)cc(-c3ccccc3)oc2c1)C(=O)O. The standard InChI is InChI=1S/C23H23NO7/c1-3-13(2)22(23(28)29)24-20(27)12-30-15-9-16(25)21-17(26)11-18(31-19(21)10-15)14-7-5-4-6-8-14/h4-11,13,22,25H,3,12H2,1-2H3,(H,24,27)(H,28,29)/t13-,22-/m0/s1. The molecule has 3 rings (SSSR count). The number of nitrogens with one attached hydrogen (secondary N) is 1. The molecule has 31 heavy (non-hydrogen) atoms. The van der Waals surface area contributed by atoms with Crippen molar-refractivity contribution in [1.29, 1.82) is 0 Å². The van der Waals surface area contributed by atoms with Gasteiger partial charge in [-0.2, -0.15) is 0 Å². The molecule has 162 valence electrons. The van der Waals surface area contributed by atoms with Gasteiger partial charge in [-0.3, -0.25) is 9.59 Å². The van der Waals surface area contributed by atoms with Crippen molar-refractivity contribution in [2.45, 2.75) is 26.3 Å². The van der Waals surface area contributed by atoms with Crippen molar-refractivity contribution in [1.82, 2.24) is 5.32 Å². The Balaban J connectivity index is 1.82.